The number of nitrogens with zero attached hydrogens (tertiary/aromatic N) is 5. The fourth-order valence-corrected chi connectivity index (χ4v) is 2.48. The monoisotopic (exact) mass is 327 g/mol. The Labute approximate surface area is 130 Å². The summed E-state index contributed by atoms with van der Waals surface area (Å²) in [4.78, 5) is 7.64. The van der Waals surface area contributed by atoms with Gasteiger partial charge in [-0.3, -0.25) is 4.68 Å². The molecule has 9 heteroatoms. The predicted octanol–water partition coefficient (Wildman–Crippen LogP) is 2.14. The van der Waals surface area contributed by atoms with Crippen LogP contribution in [0.15, 0.2) is 12.3 Å². The Morgan fingerprint density at radius 1 is 1.35 bits per heavy atom. The molecule has 0 aliphatic carbocycles. The van der Waals surface area contributed by atoms with Gasteiger partial charge in [-0.1, -0.05) is 5.21 Å². The highest BCUT2D eigenvalue weighted by Gasteiger charge is 2.33. The third-order valence-electron chi connectivity index (χ3n) is 3.66. The average Bonchev–Trinajstić information content (AvgIpc) is 3.15. The first-order valence-electron chi connectivity index (χ1n) is 7.31. The number of hydrogen-bond donors (Lipinski definition) is 0. The zero-order valence-corrected chi connectivity index (χ0v) is 12.5. The summed E-state index contributed by atoms with van der Waals surface area (Å²) in [6, 6.07) is 0.942. The summed E-state index contributed by atoms with van der Waals surface area (Å²) < 4.78 is 45.2. The lowest BCUT2D eigenvalue weighted by Gasteiger charge is -2.08. The maximum absolute atomic E-state index is 12.8. The molecule has 23 heavy (non-hydrogen) atoms. The van der Waals surface area contributed by atoms with Crippen LogP contribution in [0.2, 0.25) is 0 Å². The van der Waals surface area contributed by atoms with Crippen LogP contribution in [0.25, 0.3) is 0 Å². The van der Waals surface area contributed by atoms with Gasteiger partial charge in [0.1, 0.15) is 11.5 Å². The lowest BCUT2D eigenvalue weighted by molar-refractivity contribution is -0.141. The largest absolute Gasteiger partial charge is 0.433 e. The molecular weight excluding hydrogens is 311 g/mol. The Kier molecular flexibility index (Phi) is 4.29. The number of ether oxygens (including phenoxy) is 1. The summed E-state index contributed by atoms with van der Waals surface area (Å²) >= 11 is 0. The maximum atomic E-state index is 12.8. The van der Waals surface area contributed by atoms with E-state index in [0.717, 1.165) is 24.8 Å². The molecule has 0 N–H and O–H groups in total. The van der Waals surface area contributed by atoms with Crippen LogP contribution >= 0.6 is 0 Å². The molecule has 2 aromatic rings. The maximum Gasteiger partial charge on any atom is 0.433 e. The van der Waals surface area contributed by atoms with Crippen molar-refractivity contribution in [1.82, 2.24) is 25.0 Å². The van der Waals surface area contributed by atoms with Crippen LogP contribution in [0.5, 0.6) is 0 Å². The van der Waals surface area contributed by atoms with E-state index in [4.69, 9.17) is 4.74 Å². The van der Waals surface area contributed by atoms with Crippen LogP contribution in [-0.2, 0) is 23.9 Å². The van der Waals surface area contributed by atoms with Crippen molar-refractivity contribution >= 4 is 0 Å². The van der Waals surface area contributed by atoms with Crippen molar-refractivity contribution in [1.29, 1.82) is 0 Å². The molecule has 3 heterocycles. The van der Waals surface area contributed by atoms with Crippen molar-refractivity contribution in [2.75, 3.05) is 13.2 Å². The van der Waals surface area contributed by atoms with Gasteiger partial charge in [0.05, 0.1) is 12.3 Å². The summed E-state index contributed by atoms with van der Waals surface area (Å²) in [5, 5.41) is 8.10. The number of halogens is 3. The van der Waals surface area contributed by atoms with E-state index in [-0.39, 0.29) is 18.2 Å². The number of aryl methyl sites for hydroxylation is 3. The Balaban J connectivity index is 1.67. The van der Waals surface area contributed by atoms with Crippen molar-refractivity contribution in [3.05, 3.63) is 35.2 Å². The summed E-state index contributed by atoms with van der Waals surface area (Å²) in [6.45, 7) is 3.25. The van der Waals surface area contributed by atoms with Crippen LogP contribution in [0.1, 0.15) is 35.2 Å². The van der Waals surface area contributed by atoms with Crippen LogP contribution in [0.3, 0.4) is 0 Å². The quantitative estimate of drug-likeness (QED) is 0.861. The number of aromatic nitrogens is 5. The third kappa shape index (κ3) is 3.84. The zero-order valence-electron chi connectivity index (χ0n) is 12.5. The minimum atomic E-state index is -4.47. The molecule has 0 spiro atoms. The van der Waals surface area contributed by atoms with E-state index in [9.17, 15) is 13.2 Å². The number of alkyl halides is 3. The Morgan fingerprint density at radius 3 is 2.87 bits per heavy atom. The second-order valence-electron chi connectivity index (χ2n) is 5.53. The molecule has 0 unspecified atom stereocenters. The van der Waals surface area contributed by atoms with E-state index in [1.807, 2.05) is 0 Å². The zero-order chi connectivity index (χ0) is 16.4. The second-order valence-corrected chi connectivity index (χ2v) is 5.53. The molecule has 1 aliphatic rings. The average molecular weight is 327 g/mol. The summed E-state index contributed by atoms with van der Waals surface area (Å²) in [7, 11) is 0. The van der Waals surface area contributed by atoms with Gasteiger partial charge in [0, 0.05) is 37.4 Å². The molecular formula is C14H16F3N5O. The standard InChI is InChI=1S/C14H16F3N5O/c1-9-6-12(14(15,16)17)19-13(18-9)2-4-22-7-11(20-21-22)10-3-5-23-8-10/h6-7,10H,2-5,8H2,1H3/t10-/m1/s1. The number of hydrogen-bond acceptors (Lipinski definition) is 5. The summed E-state index contributed by atoms with van der Waals surface area (Å²) in [5.41, 5.74) is 0.232. The molecule has 124 valence electrons. The van der Waals surface area contributed by atoms with Crippen molar-refractivity contribution in [2.24, 2.45) is 0 Å². The summed E-state index contributed by atoms with van der Waals surface area (Å²) in [5.74, 6) is 0.398. The van der Waals surface area contributed by atoms with E-state index >= 15 is 0 Å². The highest BCUT2D eigenvalue weighted by molar-refractivity contribution is 5.13. The van der Waals surface area contributed by atoms with Gasteiger partial charge in [0.2, 0.25) is 0 Å². The normalized spacial score (nSPS) is 18.5. The summed E-state index contributed by atoms with van der Waals surface area (Å²) in [6.07, 6.45) is -1.49. The molecule has 2 aromatic heterocycles. The molecule has 0 amide bonds. The smallest absolute Gasteiger partial charge is 0.381 e. The van der Waals surface area contributed by atoms with Crippen LogP contribution in [0, 0.1) is 6.92 Å². The van der Waals surface area contributed by atoms with Crippen molar-refractivity contribution in [3.8, 4) is 0 Å². The fourth-order valence-electron chi connectivity index (χ4n) is 2.48. The highest BCUT2D eigenvalue weighted by atomic mass is 19.4. The van der Waals surface area contributed by atoms with E-state index in [1.54, 1.807) is 10.9 Å². The molecule has 0 radical (unpaired) electrons. The van der Waals surface area contributed by atoms with Gasteiger partial charge in [0.15, 0.2) is 0 Å². The third-order valence-corrected chi connectivity index (χ3v) is 3.66. The molecule has 3 rings (SSSR count). The lowest BCUT2D eigenvalue weighted by atomic mass is 10.1. The van der Waals surface area contributed by atoms with Gasteiger partial charge in [-0.05, 0) is 19.4 Å². The predicted molar refractivity (Wildman–Crippen MR) is 73.7 cm³/mol. The van der Waals surface area contributed by atoms with E-state index in [0.29, 0.717) is 18.8 Å². The minimum Gasteiger partial charge on any atom is -0.381 e. The Morgan fingerprint density at radius 2 is 2.17 bits per heavy atom. The van der Waals surface area contributed by atoms with Crippen LogP contribution < -0.4 is 0 Å². The molecule has 1 fully saturated rings. The number of rotatable bonds is 4. The van der Waals surface area contributed by atoms with Gasteiger partial charge in [-0.2, -0.15) is 13.2 Å². The molecule has 0 bridgehead atoms. The van der Waals surface area contributed by atoms with Crippen molar-refractivity contribution in [2.45, 2.75) is 38.4 Å². The Bertz CT molecular complexity index is 679. The fraction of sp³-hybridized carbons (Fsp3) is 0.571. The van der Waals surface area contributed by atoms with E-state index in [2.05, 4.69) is 20.3 Å². The SMILES string of the molecule is Cc1cc(C(F)(F)F)nc(CCn2cc([C@@H]3CCOC3)nn2)n1. The van der Waals surface area contributed by atoms with Gasteiger partial charge in [-0.15, -0.1) is 5.10 Å². The van der Waals surface area contributed by atoms with Crippen molar-refractivity contribution in [3.63, 3.8) is 0 Å². The first-order chi connectivity index (χ1) is 10.9. The minimum absolute atomic E-state index is 0.151. The second kappa shape index (κ2) is 6.23. The van der Waals surface area contributed by atoms with Crippen LogP contribution in [0.4, 0.5) is 13.2 Å². The first-order valence-corrected chi connectivity index (χ1v) is 7.31. The Hall–Kier alpha value is -2.03. The van der Waals surface area contributed by atoms with E-state index < -0.39 is 11.9 Å². The molecule has 1 aliphatic heterocycles. The molecule has 1 saturated heterocycles. The van der Waals surface area contributed by atoms with Crippen molar-refractivity contribution < 1.29 is 17.9 Å². The molecule has 0 saturated carbocycles. The van der Waals surface area contributed by atoms with Crippen LogP contribution in [-0.4, -0.2) is 38.2 Å². The lowest BCUT2D eigenvalue weighted by Crippen LogP contribution is -2.13. The molecule has 1 atom stereocenters. The molecule has 6 nitrogen and oxygen atoms in total. The van der Waals surface area contributed by atoms with Gasteiger partial charge in [-0.25, -0.2) is 9.97 Å². The van der Waals surface area contributed by atoms with E-state index in [1.165, 1.54) is 6.92 Å². The topological polar surface area (TPSA) is 65.7 Å². The highest BCUT2D eigenvalue weighted by Crippen LogP contribution is 2.28. The van der Waals surface area contributed by atoms with Gasteiger partial charge >= 0.3 is 6.18 Å². The first kappa shape index (κ1) is 15.9. The molecule has 0 aromatic carbocycles. The van der Waals surface area contributed by atoms with Gasteiger partial charge < -0.3 is 4.74 Å². The van der Waals surface area contributed by atoms with Gasteiger partial charge in [0.25, 0.3) is 0 Å².